The van der Waals surface area contributed by atoms with E-state index < -0.39 is 0 Å². The van der Waals surface area contributed by atoms with Crippen LogP contribution in [0.15, 0.2) is 24.3 Å². The first-order chi connectivity index (χ1) is 6.74. The van der Waals surface area contributed by atoms with Crippen molar-refractivity contribution in [1.29, 1.82) is 0 Å². The van der Waals surface area contributed by atoms with E-state index in [2.05, 4.69) is 31.2 Å². The number of benzene rings is 1. The summed E-state index contributed by atoms with van der Waals surface area (Å²) in [6.45, 7) is 2.13. The summed E-state index contributed by atoms with van der Waals surface area (Å²) in [5, 5.41) is 0. The second-order valence-electron chi connectivity index (χ2n) is 4.63. The van der Waals surface area contributed by atoms with Crippen molar-refractivity contribution in [2.75, 3.05) is 0 Å². The Kier molecular flexibility index (Phi) is 2.87. The Morgan fingerprint density at radius 1 is 1.43 bits per heavy atom. The third kappa shape index (κ3) is 2.85. The van der Waals surface area contributed by atoms with Crippen LogP contribution in [0.4, 0.5) is 0 Å². The molecule has 0 heterocycles. The zero-order chi connectivity index (χ0) is 9.97. The summed E-state index contributed by atoms with van der Waals surface area (Å²) in [6, 6.07) is 9.04. The van der Waals surface area contributed by atoms with Gasteiger partial charge >= 0.3 is 0 Å². The van der Waals surface area contributed by atoms with Gasteiger partial charge in [-0.25, -0.2) is 0 Å². The minimum absolute atomic E-state index is 0.365. The van der Waals surface area contributed by atoms with Gasteiger partial charge in [0.2, 0.25) is 0 Å². The highest BCUT2D eigenvalue weighted by molar-refractivity contribution is 5.22. The van der Waals surface area contributed by atoms with Crippen LogP contribution < -0.4 is 5.73 Å². The maximum atomic E-state index is 6.10. The lowest BCUT2D eigenvalue weighted by Gasteiger charge is -2.11. The Hall–Kier alpha value is -0.820. The van der Waals surface area contributed by atoms with Crippen LogP contribution in [-0.2, 0) is 6.42 Å². The van der Waals surface area contributed by atoms with Gasteiger partial charge in [0.1, 0.15) is 0 Å². The van der Waals surface area contributed by atoms with Gasteiger partial charge < -0.3 is 5.73 Å². The molecule has 2 rings (SSSR count). The molecule has 14 heavy (non-hydrogen) atoms. The van der Waals surface area contributed by atoms with E-state index in [4.69, 9.17) is 5.73 Å². The Morgan fingerprint density at radius 2 is 2.21 bits per heavy atom. The normalized spacial score (nSPS) is 18.1. The maximum absolute atomic E-state index is 6.10. The molecule has 1 nitrogen and oxygen atoms in total. The summed E-state index contributed by atoms with van der Waals surface area (Å²) in [7, 11) is 0. The Balaban J connectivity index is 1.88. The lowest BCUT2D eigenvalue weighted by molar-refractivity contribution is 0.566. The molecule has 1 saturated carbocycles. The number of aryl methyl sites for hydroxylation is 1. The average molecular weight is 189 g/mol. The molecule has 2 N–H and O–H groups in total. The van der Waals surface area contributed by atoms with Crippen LogP contribution in [0.2, 0.25) is 0 Å². The first kappa shape index (κ1) is 9.72. The second-order valence-corrected chi connectivity index (χ2v) is 4.63. The van der Waals surface area contributed by atoms with Crippen LogP contribution in [0.25, 0.3) is 0 Å². The van der Waals surface area contributed by atoms with Crippen LogP contribution in [-0.4, -0.2) is 6.04 Å². The number of hydrogen-bond acceptors (Lipinski definition) is 1. The largest absolute Gasteiger partial charge is 0.327 e. The smallest absolute Gasteiger partial charge is 0.00819 e. The number of hydrogen-bond donors (Lipinski definition) is 1. The van der Waals surface area contributed by atoms with E-state index in [1.165, 1.54) is 30.4 Å². The predicted octanol–water partition coefficient (Wildman–Crippen LogP) is 2.66. The molecule has 1 heteroatoms. The molecule has 0 saturated heterocycles. The van der Waals surface area contributed by atoms with Crippen molar-refractivity contribution in [1.82, 2.24) is 0 Å². The van der Waals surface area contributed by atoms with Crippen molar-refractivity contribution >= 4 is 0 Å². The lowest BCUT2D eigenvalue weighted by atomic mass is 10.0. The zero-order valence-electron chi connectivity index (χ0n) is 8.87. The number of rotatable bonds is 4. The van der Waals surface area contributed by atoms with E-state index >= 15 is 0 Å². The molecule has 0 spiro atoms. The van der Waals surface area contributed by atoms with E-state index in [0.717, 1.165) is 12.3 Å². The molecule has 1 aliphatic rings. The van der Waals surface area contributed by atoms with Gasteiger partial charge in [0.15, 0.2) is 0 Å². The van der Waals surface area contributed by atoms with Gasteiger partial charge in [0.25, 0.3) is 0 Å². The fourth-order valence-electron chi connectivity index (χ4n) is 2.01. The predicted molar refractivity (Wildman–Crippen MR) is 60.2 cm³/mol. The molecule has 0 aromatic heterocycles. The van der Waals surface area contributed by atoms with Crippen molar-refractivity contribution in [2.24, 2.45) is 11.7 Å². The molecule has 1 aromatic carbocycles. The molecular weight excluding hydrogens is 170 g/mol. The topological polar surface area (TPSA) is 26.0 Å². The van der Waals surface area contributed by atoms with E-state index in [0.29, 0.717) is 6.04 Å². The van der Waals surface area contributed by atoms with Crippen LogP contribution in [0.1, 0.15) is 30.4 Å². The van der Waals surface area contributed by atoms with Gasteiger partial charge in [-0.2, -0.15) is 0 Å². The van der Waals surface area contributed by atoms with Gasteiger partial charge in [0.05, 0.1) is 0 Å². The van der Waals surface area contributed by atoms with Crippen molar-refractivity contribution < 1.29 is 0 Å². The summed E-state index contributed by atoms with van der Waals surface area (Å²) in [4.78, 5) is 0. The van der Waals surface area contributed by atoms with Crippen molar-refractivity contribution in [2.45, 2.75) is 38.6 Å². The van der Waals surface area contributed by atoms with Crippen molar-refractivity contribution in [3.05, 3.63) is 35.4 Å². The minimum Gasteiger partial charge on any atom is -0.327 e. The first-order valence-corrected chi connectivity index (χ1v) is 5.55. The molecular formula is C13H19N. The molecule has 0 aliphatic heterocycles. The van der Waals surface area contributed by atoms with Crippen LogP contribution in [0.5, 0.6) is 0 Å². The maximum Gasteiger partial charge on any atom is 0.00819 e. The molecule has 1 fully saturated rings. The quantitative estimate of drug-likeness (QED) is 0.774. The highest BCUT2D eigenvalue weighted by Gasteiger charge is 2.23. The van der Waals surface area contributed by atoms with E-state index in [9.17, 15) is 0 Å². The molecule has 1 atom stereocenters. The first-order valence-electron chi connectivity index (χ1n) is 5.55. The van der Waals surface area contributed by atoms with Crippen molar-refractivity contribution in [3.8, 4) is 0 Å². The van der Waals surface area contributed by atoms with Crippen LogP contribution in [0, 0.1) is 12.8 Å². The van der Waals surface area contributed by atoms with E-state index in [-0.39, 0.29) is 0 Å². The van der Waals surface area contributed by atoms with Gasteiger partial charge in [-0.1, -0.05) is 42.7 Å². The molecule has 1 aliphatic carbocycles. The standard InChI is InChI=1S/C13H19N/c1-10-3-2-4-12(7-10)9-13(14)8-11-5-6-11/h2-4,7,11,13H,5-6,8-9,14H2,1H3. The molecule has 1 aromatic rings. The summed E-state index contributed by atoms with van der Waals surface area (Å²) < 4.78 is 0. The minimum atomic E-state index is 0.365. The summed E-state index contributed by atoms with van der Waals surface area (Å²) in [6.07, 6.45) is 5.06. The van der Waals surface area contributed by atoms with E-state index in [1.54, 1.807) is 0 Å². The summed E-state index contributed by atoms with van der Waals surface area (Å²) in [5.74, 6) is 0.940. The molecule has 0 bridgehead atoms. The van der Waals surface area contributed by atoms with Crippen LogP contribution in [0.3, 0.4) is 0 Å². The van der Waals surface area contributed by atoms with Gasteiger partial charge in [-0.05, 0) is 31.2 Å². The SMILES string of the molecule is Cc1cccc(CC(N)CC2CC2)c1. The molecule has 1 unspecified atom stereocenters. The Morgan fingerprint density at radius 3 is 2.86 bits per heavy atom. The molecule has 76 valence electrons. The lowest BCUT2D eigenvalue weighted by Crippen LogP contribution is -2.23. The second kappa shape index (κ2) is 4.14. The van der Waals surface area contributed by atoms with Gasteiger partial charge in [-0.3, -0.25) is 0 Å². The third-order valence-electron chi connectivity index (χ3n) is 2.91. The summed E-state index contributed by atoms with van der Waals surface area (Å²) >= 11 is 0. The molecule has 0 amide bonds. The Bertz CT molecular complexity index is 302. The van der Waals surface area contributed by atoms with Gasteiger partial charge in [0, 0.05) is 6.04 Å². The van der Waals surface area contributed by atoms with Crippen LogP contribution >= 0.6 is 0 Å². The molecule has 0 radical (unpaired) electrons. The fourth-order valence-corrected chi connectivity index (χ4v) is 2.01. The average Bonchev–Trinajstić information content (AvgIpc) is 2.87. The zero-order valence-corrected chi connectivity index (χ0v) is 8.87. The monoisotopic (exact) mass is 189 g/mol. The Labute approximate surface area is 86.3 Å². The van der Waals surface area contributed by atoms with Crippen molar-refractivity contribution in [3.63, 3.8) is 0 Å². The highest BCUT2D eigenvalue weighted by atomic mass is 14.6. The third-order valence-corrected chi connectivity index (χ3v) is 2.91. The van der Waals surface area contributed by atoms with Gasteiger partial charge in [-0.15, -0.1) is 0 Å². The van der Waals surface area contributed by atoms with E-state index in [1.807, 2.05) is 0 Å². The fraction of sp³-hybridized carbons (Fsp3) is 0.538. The highest BCUT2D eigenvalue weighted by Crippen LogP contribution is 2.33. The summed E-state index contributed by atoms with van der Waals surface area (Å²) in [5.41, 5.74) is 8.82. The number of nitrogens with two attached hydrogens (primary N) is 1.